The standard InChI is InChI=1S/C17H32N2O4.Ag/c1-2-3-4-5-6-7-8-9-10-11-16(21)19-14(17(22)23)12-13-15(18)20;/h14H,2-13H2,1H3,(H2,18,20)(H,19,21)(H,22,23);/q;+1/p-1/t14-;/m0./s1. The first-order chi connectivity index (χ1) is 11.0. The van der Waals surface area contributed by atoms with Gasteiger partial charge in [-0.3, -0.25) is 9.59 Å². The number of carbonyl (C=O) groups excluding carboxylic acids is 3. The number of carbonyl (C=O) groups is 3. The van der Waals surface area contributed by atoms with E-state index in [1.165, 1.54) is 38.5 Å². The van der Waals surface area contributed by atoms with E-state index in [9.17, 15) is 19.5 Å². The van der Waals surface area contributed by atoms with Gasteiger partial charge in [-0.15, -0.1) is 0 Å². The van der Waals surface area contributed by atoms with Gasteiger partial charge in [0.1, 0.15) is 0 Å². The molecule has 144 valence electrons. The van der Waals surface area contributed by atoms with Crippen LogP contribution in [0.4, 0.5) is 0 Å². The molecule has 0 saturated carbocycles. The van der Waals surface area contributed by atoms with Gasteiger partial charge >= 0.3 is 22.4 Å². The van der Waals surface area contributed by atoms with E-state index in [4.69, 9.17) is 5.73 Å². The van der Waals surface area contributed by atoms with Crippen molar-refractivity contribution in [3.05, 3.63) is 0 Å². The molecule has 0 rings (SSSR count). The molecular formula is C17H31AgN2O4. The molecule has 0 aliphatic heterocycles. The van der Waals surface area contributed by atoms with Gasteiger partial charge < -0.3 is 21.0 Å². The zero-order valence-corrected chi connectivity index (χ0v) is 16.1. The molecule has 3 N–H and O–H groups in total. The van der Waals surface area contributed by atoms with Crippen molar-refractivity contribution >= 4 is 17.8 Å². The van der Waals surface area contributed by atoms with Crippen LogP contribution in [0.5, 0.6) is 0 Å². The molecule has 0 saturated heterocycles. The van der Waals surface area contributed by atoms with Crippen molar-refractivity contribution in [2.75, 3.05) is 0 Å². The Morgan fingerprint density at radius 1 is 0.917 bits per heavy atom. The van der Waals surface area contributed by atoms with E-state index in [2.05, 4.69) is 12.2 Å². The number of carboxylic acids is 1. The number of rotatable bonds is 15. The van der Waals surface area contributed by atoms with E-state index < -0.39 is 17.9 Å². The van der Waals surface area contributed by atoms with Crippen LogP contribution >= 0.6 is 0 Å². The van der Waals surface area contributed by atoms with Crippen molar-refractivity contribution in [3.8, 4) is 0 Å². The minimum atomic E-state index is -1.38. The molecule has 0 radical (unpaired) electrons. The average Bonchev–Trinajstić information content (AvgIpc) is 2.49. The number of nitrogens with one attached hydrogen (secondary N) is 1. The summed E-state index contributed by atoms with van der Waals surface area (Å²) < 4.78 is 0. The molecular weight excluding hydrogens is 404 g/mol. The molecule has 0 aliphatic carbocycles. The van der Waals surface area contributed by atoms with E-state index in [1.807, 2.05) is 0 Å². The van der Waals surface area contributed by atoms with Gasteiger partial charge in [0.05, 0.1) is 12.0 Å². The second-order valence-electron chi connectivity index (χ2n) is 6.02. The second-order valence-corrected chi connectivity index (χ2v) is 6.02. The number of amides is 2. The Kier molecular flexibility index (Phi) is 18.0. The van der Waals surface area contributed by atoms with Crippen LogP contribution < -0.4 is 16.2 Å². The Labute approximate surface area is 160 Å². The fourth-order valence-corrected chi connectivity index (χ4v) is 2.40. The van der Waals surface area contributed by atoms with Crippen LogP contribution in [-0.2, 0) is 36.8 Å². The molecule has 2 amide bonds. The molecule has 1 atom stereocenters. The number of aliphatic carboxylic acids is 1. The Morgan fingerprint density at radius 2 is 1.42 bits per heavy atom. The molecule has 6 nitrogen and oxygen atoms in total. The fraction of sp³-hybridized carbons (Fsp3) is 0.824. The third-order valence-corrected chi connectivity index (χ3v) is 3.81. The summed E-state index contributed by atoms with van der Waals surface area (Å²) in [4.78, 5) is 33.2. The van der Waals surface area contributed by atoms with Crippen molar-refractivity contribution in [2.45, 2.75) is 90.0 Å². The van der Waals surface area contributed by atoms with E-state index >= 15 is 0 Å². The molecule has 0 aromatic carbocycles. The monoisotopic (exact) mass is 434 g/mol. The maximum Gasteiger partial charge on any atom is 1.00 e. The number of carboxylic acid groups (broad SMARTS) is 1. The molecule has 0 unspecified atom stereocenters. The molecule has 0 heterocycles. The molecule has 7 heteroatoms. The summed E-state index contributed by atoms with van der Waals surface area (Å²) in [6, 6.07) is -1.14. The summed E-state index contributed by atoms with van der Waals surface area (Å²) in [6.07, 6.45) is 10.6. The summed E-state index contributed by atoms with van der Waals surface area (Å²) in [5.74, 6) is -2.29. The van der Waals surface area contributed by atoms with Gasteiger partial charge in [-0.05, 0) is 12.8 Å². The minimum absolute atomic E-state index is 0. The Bertz CT molecular complexity index is 364. The van der Waals surface area contributed by atoms with Crippen LogP contribution in [0, 0.1) is 0 Å². The van der Waals surface area contributed by atoms with Gasteiger partial charge in [-0.25, -0.2) is 0 Å². The van der Waals surface area contributed by atoms with Gasteiger partial charge in [0, 0.05) is 12.8 Å². The quantitative estimate of drug-likeness (QED) is 0.299. The fourth-order valence-electron chi connectivity index (χ4n) is 2.40. The number of hydrogen-bond acceptors (Lipinski definition) is 4. The van der Waals surface area contributed by atoms with Crippen molar-refractivity contribution < 1.29 is 41.9 Å². The van der Waals surface area contributed by atoms with Crippen LogP contribution in [0.15, 0.2) is 0 Å². The molecule has 24 heavy (non-hydrogen) atoms. The van der Waals surface area contributed by atoms with Crippen LogP contribution in [0.2, 0.25) is 0 Å². The average molecular weight is 435 g/mol. The molecule has 0 bridgehead atoms. The topological polar surface area (TPSA) is 112 Å². The third kappa shape index (κ3) is 16.0. The largest absolute Gasteiger partial charge is 1.00 e. The maximum atomic E-state index is 11.7. The molecule has 0 fully saturated rings. The zero-order chi connectivity index (χ0) is 17.5. The smallest absolute Gasteiger partial charge is 0.548 e. The minimum Gasteiger partial charge on any atom is -0.548 e. The van der Waals surface area contributed by atoms with Gasteiger partial charge in [0.15, 0.2) is 0 Å². The van der Waals surface area contributed by atoms with Crippen molar-refractivity contribution in [1.29, 1.82) is 0 Å². The van der Waals surface area contributed by atoms with Gasteiger partial charge in [-0.2, -0.15) is 0 Å². The first-order valence-electron chi connectivity index (χ1n) is 8.75. The van der Waals surface area contributed by atoms with Crippen LogP contribution in [0.1, 0.15) is 84.0 Å². The predicted octanol–water partition coefficient (Wildman–Crippen LogP) is 1.41. The SMILES string of the molecule is CCCCCCCCCCCC(=O)N[C@@H](CCC(N)=O)C(=O)[O-].[Ag+]. The number of unbranched alkanes of at least 4 members (excludes halogenated alkanes) is 8. The summed E-state index contributed by atoms with van der Waals surface area (Å²) in [7, 11) is 0. The Balaban J connectivity index is 0. The summed E-state index contributed by atoms with van der Waals surface area (Å²) in [5, 5.41) is 13.3. The first-order valence-corrected chi connectivity index (χ1v) is 8.75. The Morgan fingerprint density at radius 3 is 1.88 bits per heavy atom. The zero-order valence-electron chi connectivity index (χ0n) is 14.6. The predicted molar refractivity (Wildman–Crippen MR) is 87.2 cm³/mol. The summed E-state index contributed by atoms with van der Waals surface area (Å²) in [6.45, 7) is 2.20. The first kappa shape index (κ1) is 25.4. The molecule has 0 aromatic heterocycles. The summed E-state index contributed by atoms with van der Waals surface area (Å²) >= 11 is 0. The van der Waals surface area contributed by atoms with E-state index in [0.29, 0.717) is 6.42 Å². The van der Waals surface area contributed by atoms with Crippen LogP contribution in [0.25, 0.3) is 0 Å². The number of hydrogen-bond donors (Lipinski definition) is 2. The van der Waals surface area contributed by atoms with Crippen molar-refractivity contribution in [3.63, 3.8) is 0 Å². The molecule has 0 aromatic rings. The molecule has 0 spiro atoms. The number of primary amides is 1. The third-order valence-electron chi connectivity index (χ3n) is 3.81. The van der Waals surface area contributed by atoms with Gasteiger partial charge in [0.2, 0.25) is 11.8 Å². The number of nitrogens with two attached hydrogens (primary N) is 1. The van der Waals surface area contributed by atoms with Crippen molar-refractivity contribution in [1.82, 2.24) is 5.32 Å². The van der Waals surface area contributed by atoms with Crippen LogP contribution in [0.3, 0.4) is 0 Å². The molecule has 0 aliphatic rings. The van der Waals surface area contributed by atoms with E-state index in [1.54, 1.807) is 0 Å². The van der Waals surface area contributed by atoms with E-state index in [-0.39, 0.29) is 41.1 Å². The van der Waals surface area contributed by atoms with Crippen LogP contribution in [-0.4, -0.2) is 23.8 Å². The Hall–Kier alpha value is -0.850. The normalized spacial score (nSPS) is 11.4. The van der Waals surface area contributed by atoms with Crippen molar-refractivity contribution in [2.24, 2.45) is 5.73 Å². The van der Waals surface area contributed by atoms with E-state index in [0.717, 1.165) is 19.3 Å². The summed E-state index contributed by atoms with van der Waals surface area (Å²) in [5.41, 5.74) is 4.97. The van der Waals surface area contributed by atoms with Gasteiger partial charge in [0.25, 0.3) is 0 Å². The maximum absolute atomic E-state index is 11.7. The second kappa shape index (κ2) is 17.0. The van der Waals surface area contributed by atoms with Gasteiger partial charge in [-0.1, -0.05) is 58.3 Å².